The van der Waals surface area contributed by atoms with Gasteiger partial charge in [0.15, 0.2) is 5.78 Å². The molecule has 0 heterocycles. The minimum atomic E-state index is -1.40. The first kappa shape index (κ1) is 13.6. The smallest absolute Gasteiger partial charge is 0.192 e. The Morgan fingerprint density at radius 2 is 1.62 bits per heavy atom. The monoisotopic (exact) mass is 280 g/mol. The molecule has 21 heavy (non-hydrogen) atoms. The molecule has 3 rings (SSSR count). The van der Waals surface area contributed by atoms with Crippen LogP contribution in [0, 0.1) is 0 Å². The molecule has 0 aromatic heterocycles. The number of aliphatic hydroxyl groups is 1. The van der Waals surface area contributed by atoms with Crippen molar-refractivity contribution in [3.63, 3.8) is 0 Å². The zero-order valence-corrected chi connectivity index (χ0v) is 11.9. The van der Waals surface area contributed by atoms with E-state index in [1.807, 2.05) is 30.3 Å². The maximum absolute atomic E-state index is 12.4. The summed E-state index contributed by atoms with van der Waals surface area (Å²) in [6.07, 6.45) is 0. The number of carbonyl (C=O) groups excluding carboxylic acids is 1. The van der Waals surface area contributed by atoms with Crippen LogP contribution in [-0.4, -0.2) is 16.0 Å². The van der Waals surface area contributed by atoms with Gasteiger partial charge in [0.25, 0.3) is 0 Å². The van der Waals surface area contributed by atoms with Crippen molar-refractivity contribution in [1.82, 2.24) is 0 Å². The van der Waals surface area contributed by atoms with Gasteiger partial charge in [-0.1, -0.05) is 42.5 Å². The van der Waals surface area contributed by atoms with Crippen molar-refractivity contribution in [3.05, 3.63) is 76.4 Å². The first-order chi connectivity index (χ1) is 9.98. The molecule has 0 saturated carbocycles. The number of ketones is 1. The summed E-state index contributed by atoms with van der Waals surface area (Å²) >= 11 is 0. The number of benzene rings is 2. The molecule has 1 atom stereocenters. The van der Waals surface area contributed by atoms with E-state index in [0.29, 0.717) is 22.3 Å². The van der Waals surface area contributed by atoms with Gasteiger partial charge in [-0.15, -0.1) is 0 Å². The number of phenols is 1. The van der Waals surface area contributed by atoms with Crippen LogP contribution in [0.3, 0.4) is 0 Å². The summed E-state index contributed by atoms with van der Waals surface area (Å²) < 4.78 is 0. The van der Waals surface area contributed by atoms with Crippen LogP contribution in [0.5, 0.6) is 5.75 Å². The van der Waals surface area contributed by atoms with Gasteiger partial charge in [-0.2, -0.15) is 0 Å². The van der Waals surface area contributed by atoms with Crippen molar-refractivity contribution >= 4 is 5.78 Å². The minimum Gasteiger partial charge on any atom is -0.507 e. The highest BCUT2D eigenvalue weighted by Crippen LogP contribution is 2.45. The Morgan fingerprint density at radius 1 is 0.952 bits per heavy atom. The fourth-order valence-corrected chi connectivity index (χ4v) is 2.96. The number of hydrogen-bond acceptors (Lipinski definition) is 3. The Bertz CT molecular complexity index is 759. The van der Waals surface area contributed by atoms with E-state index in [-0.39, 0.29) is 17.1 Å². The SMILES string of the molecule is CC1=C(C)C(O)(c2ccccc2)c2cccc(O)c2C1=O. The van der Waals surface area contributed by atoms with Gasteiger partial charge in [0.2, 0.25) is 0 Å². The van der Waals surface area contributed by atoms with E-state index in [1.54, 1.807) is 26.0 Å². The maximum atomic E-state index is 12.4. The largest absolute Gasteiger partial charge is 0.507 e. The lowest BCUT2D eigenvalue weighted by Gasteiger charge is -2.36. The zero-order valence-electron chi connectivity index (χ0n) is 11.9. The maximum Gasteiger partial charge on any atom is 0.192 e. The Labute approximate surface area is 123 Å². The molecular formula is C18H16O3. The molecule has 1 aliphatic rings. The van der Waals surface area contributed by atoms with Crippen LogP contribution in [-0.2, 0) is 5.60 Å². The topological polar surface area (TPSA) is 57.5 Å². The van der Waals surface area contributed by atoms with Gasteiger partial charge >= 0.3 is 0 Å². The standard InChI is InChI=1S/C18H16O3/c1-11-12(2)18(21,13-7-4-3-5-8-13)14-9-6-10-15(19)16(14)17(11)20/h3-10,19,21H,1-2H3. The highest BCUT2D eigenvalue weighted by molar-refractivity contribution is 6.13. The molecule has 2 aromatic carbocycles. The van der Waals surface area contributed by atoms with Gasteiger partial charge in [-0.05, 0) is 36.6 Å². The summed E-state index contributed by atoms with van der Waals surface area (Å²) in [7, 11) is 0. The van der Waals surface area contributed by atoms with Crippen molar-refractivity contribution in [2.45, 2.75) is 19.4 Å². The summed E-state index contributed by atoms with van der Waals surface area (Å²) in [5, 5.41) is 21.4. The Balaban J connectivity index is 2.40. The summed E-state index contributed by atoms with van der Waals surface area (Å²) in [5.41, 5.74) is 0.968. The van der Waals surface area contributed by atoms with Gasteiger partial charge in [-0.25, -0.2) is 0 Å². The highest BCUT2D eigenvalue weighted by atomic mass is 16.3. The molecule has 0 radical (unpaired) electrons. The molecule has 0 bridgehead atoms. The first-order valence-corrected chi connectivity index (χ1v) is 6.81. The van der Waals surface area contributed by atoms with E-state index in [0.717, 1.165) is 0 Å². The number of allylic oxidation sites excluding steroid dienone is 1. The van der Waals surface area contributed by atoms with Crippen LogP contribution < -0.4 is 0 Å². The molecule has 106 valence electrons. The van der Waals surface area contributed by atoms with Crippen LogP contribution in [0.25, 0.3) is 0 Å². The summed E-state index contributed by atoms with van der Waals surface area (Å²) in [6, 6.07) is 14.0. The van der Waals surface area contributed by atoms with Crippen molar-refractivity contribution < 1.29 is 15.0 Å². The van der Waals surface area contributed by atoms with Crippen LogP contribution in [0.15, 0.2) is 59.7 Å². The first-order valence-electron chi connectivity index (χ1n) is 6.81. The lowest BCUT2D eigenvalue weighted by Crippen LogP contribution is -2.36. The highest BCUT2D eigenvalue weighted by Gasteiger charge is 2.43. The van der Waals surface area contributed by atoms with Gasteiger partial charge in [0.05, 0.1) is 5.56 Å². The predicted octanol–water partition coefficient (Wildman–Crippen LogP) is 3.16. The third-order valence-electron chi connectivity index (χ3n) is 4.30. The quantitative estimate of drug-likeness (QED) is 0.843. The van der Waals surface area contributed by atoms with E-state index in [9.17, 15) is 15.0 Å². The number of fused-ring (bicyclic) bond motifs is 1. The number of rotatable bonds is 1. The lowest BCUT2D eigenvalue weighted by atomic mass is 9.71. The number of hydrogen-bond donors (Lipinski definition) is 2. The lowest BCUT2D eigenvalue weighted by molar-refractivity contribution is 0.0930. The molecule has 0 fully saturated rings. The zero-order chi connectivity index (χ0) is 15.2. The number of Topliss-reactive ketones (excluding diaryl/α,β-unsaturated/α-hetero) is 1. The summed E-state index contributed by atoms with van der Waals surface area (Å²) in [4.78, 5) is 12.4. The third-order valence-corrected chi connectivity index (χ3v) is 4.30. The summed E-state index contributed by atoms with van der Waals surface area (Å²) in [5.74, 6) is -0.333. The normalized spacial score (nSPS) is 21.4. The van der Waals surface area contributed by atoms with Crippen molar-refractivity contribution in [3.8, 4) is 5.75 Å². The fraction of sp³-hybridized carbons (Fsp3) is 0.167. The number of aromatic hydroxyl groups is 1. The molecule has 0 saturated heterocycles. The molecular weight excluding hydrogens is 264 g/mol. The second-order valence-corrected chi connectivity index (χ2v) is 5.36. The number of phenolic OH excluding ortho intramolecular Hbond substituents is 1. The molecule has 1 unspecified atom stereocenters. The molecule has 3 heteroatoms. The predicted molar refractivity (Wildman–Crippen MR) is 80.3 cm³/mol. The molecule has 0 spiro atoms. The van der Waals surface area contributed by atoms with E-state index < -0.39 is 5.60 Å². The summed E-state index contributed by atoms with van der Waals surface area (Å²) in [6.45, 7) is 3.44. The average molecular weight is 280 g/mol. The van der Waals surface area contributed by atoms with Gasteiger partial charge in [0.1, 0.15) is 11.4 Å². The second kappa shape index (κ2) is 4.57. The minimum absolute atomic E-state index is 0.0984. The average Bonchev–Trinajstić information content (AvgIpc) is 2.51. The van der Waals surface area contributed by atoms with Gasteiger partial charge < -0.3 is 10.2 Å². The molecule has 2 N–H and O–H groups in total. The fourth-order valence-electron chi connectivity index (χ4n) is 2.96. The molecule has 3 nitrogen and oxygen atoms in total. The Hall–Kier alpha value is -2.39. The van der Waals surface area contributed by atoms with E-state index >= 15 is 0 Å². The van der Waals surface area contributed by atoms with E-state index in [1.165, 1.54) is 6.07 Å². The molecule has 1 aliphatic carbocycles. The van der Waals surface area contributed by atoms with Crippen molar-refractivity contribution in [1.29, 1.82) is 0 Å². The van der Waals surface area contributed by atoms with Crippen LogP contribution >= 0.6 is 0 Å². The van der Waals surface area contributed by atoms with Crippen LogP contribution in [0.4, 0.5) is 0 Å². The van der Waals surface area contributed by atoms with Crippen LogP contribution in [0.2, 0.25) is 0 Å². The molecule has 0 amide bonds. The Kier molecular flexibility index (Phi) is 2.96. The van der Waals surface area contributed by atoms with Crippen LogP contribution in [0.1, 0.15) is 35.3 Å². The van der Waals surface area contributed by atoms with Gasteiger partial charge in [-0.3, -0.25) is 4.79 Å². The van der Waals surface area contributed by atoms with E-state index in [4.69, 9.17) is 0 Å². The molecule has 2 aromatic rings. The van der Waals surface area contributed by atoms with Crippen molar-refractivity contribution in [2.24, 2.45) is 0 Å². The van der Waals surface area contributed by atoms with E-state index in [2.05, 4.69) is 0 Å². The Morgan fingerprint density at radius 3 is 2.29 bits per heavy atom. The van der Waals surface area contributed by atoms with Crippen molar-refractivity contribution in [2.75, 3.05) is 0 Å². The number of carbonyl (C=O) groups is 1. The van der Waals surface area contributed by atoms with Gasteiger partial charge in [0, 0.05) is 5.56 Å². The second-order valence-electron chi connectivity index (χ2n) is 5.36. The molecule has 0 aliphatic heterocycles. The third kappa shape index (κ3) is 1.74.